The van der Waals surface area contributed by atoms with Crippen LogP contribution >= 0.6 is 0 Å². The van der Waals surface area contributed by atoms with Crippen LogP contribution in [0.2, 0.25) is 0 Å². The van der Waals surface area contributed by atoms with Gasteiger partial charge >= 0.3 is 0 Å². The molecule has 1 unspecified atom stereocenters. The van der Waals surface area contributed by atoms with E-state index in [-0.39, 0.29) is 5.54 Å². The van der Waals surface area contributed by atoms with E-state index in [4.69, 9.17) is 0 Å². The molecule has 0 aromatic heterocycles. The average molecular weight is 405 g/mol. The average Bonchev–Trinajstić information content (AvgIpc) is 2.77. The van der Waals surface area contributed by atoms with Crippen LogP contribution in [0.3, 0.4) is 0 Å². The molecule has 0 aromatic carbocycles. The van der Waals surface area contributed by atoms with Crippen molar-refractivity contribution >= 4 is 5.91 Å². The number of piperidine rings is 1. The monoisotopic (exact) mass is 404 g/mol. The zero-order valence-electron chi connectivity index (χ0n) is 19.7. The molecule has 168 valence electrons. The summed E-state index contributed by atoms with van der Waals surface area (Å²) in [5.74, 6) is 1.72. The molecule has 3 fully saturated rings. The van der Waals surface area contributed by atoms with Gasteiger partial charge in [-0.3, -0.25) is 4.79 Å². The molecule has 2 N–H and O–H groups in total. The summed E-state index contributed by atoms with van der Waals surface area (Å²) in [4.78, 5) is 13.0. The highest BCUT2D eigenvalue weighted by Crippen LogP contribution is 2.39. The van der Waals surface area contributed by atoms with E-state index in [1.165, 1.54) is 96.3 Å². The third-order valence-electron chi connectivity index (χ3n) is 8.03. The Morgan fingerprint density at radius 3 is 2.14 bits per heavy atom. The fraction of sp³-hybridized carbons (Fsp3) is 0.962. The van der Waals surface area contributed by atoms with E-state index in [2.05, 4.69) is 31.4 Å². The van der Waals surface area contributed by atoms with Crippen LogP contribution in [-0.4, -0.2) is 24.0 Å². The SMILES string of the molecule is CC(C)(C)CC1CCC(NC(=O)CC2CCCNC23CCCCCCCC3)CC1. The number of rotatable bonds is 4. The molecule has 2 saturated carbocycles. The Morgan fingerprint density at radius 2 is 1.52 bits per heavy atom. The van der Waals surface area contributed by atoms with Crippen molar-refractivity contribution in [3.05, 3.63) is 0 Å². The van der Waals surface area contributed by atoms with Crippen LogP contribution in [0.5, 0.6) is 0 Å². The molecule has 1 heterocycles. The zero-order valence-corrected chi connectivity index (χ0v) is 19.7. The maximum atomic E-state index is 13.0. The van der Waals surface area contributed by atoms with Gasteiger partial charge in [0.05, 0.1) is 0 Å². The highest BCUT2D eigenvalue weighted by Gasteiger charge is 2.40. The molecular formula is C26H48N2O. The second-order valence-corrected chi connectivity index (χ2v) is 11.8. The molecule has 1 saturated heterocycles. The molecule has 1 aliphatic heterocycles. The minimum atomic E-state index is 0.240. The van der Waals surface area contributed by atoms with Gasteiger partial charge in [-0.25, -0.2) is 0 Å². The molecule has 1 atom stereocenters. The summed E-state index contributed by atoms with van der Waals surface area (Å²) >= 11 is 0. The van der Waals surface area contributed by atoms with Gasteiger partial charge in [-0.1, -0.05) is 59.3 Å². The van der Waals surface area contributed by atoms with E-state index in [0.29, 0.717) is 23.3 Å². The van der Waals surface area contributed by atoms with Crippen LogP contribution in [0.1, 0.15) is 124 Å². The van der Waals surface area contributed by atoms with Crippen LogP contribution < -0.4 is 10.6 Å². The van der Waals surface area contributed by atoms with Crippen molar-refractivity contribution in [3.63, 3.8) is 0 Å². The lowest BCUT2D eigenvalue weighted by Gasteiger charge is -2.46. The summed E-state index contributed by atoms with van der Waals surface area (Å²) in [6.45, 7) is 8.21. The van der Waals surface area contributed by atoms with Crippen molar-refractivity contribution < 1.29 is 4.79 Å². The highest BCUT2D eigenvalue weighted by molar-refractivity contribution is 5.76. The molecule has 2 aliphatic carbocycles. The summed E-state index contributed by atoms with van der Waals surface area (Å²) in [6.07, 6.45) is 20.3. The van der Waals surface area contributed by atoms with Crippen LogP contribution in [0.15, 0.2) is 0 Å². The Hall–Kier alpha value is -0.570. The first kappa shape index (κ1) is 23.1. The zero-order chi connectivity index (χ0) is 20.7. The first-order chi connectivity index (χ1) is 13.9. The predicted molar refractivity (Wildman–Crippen MR) is 123 cm³/mol. The molecule has 29 heavy (non-hydrogen) atoms. The molecular weight excluding hydrogens is 356 g/mol. The molecule has 3 nitrogen and oxygen atoms in total. The molecule has 3 heteroatoms. The van der Waals surface area contributed by atoms with E-state index >= 15 is 0 Å². The first-order valence-corrected chi connectivity index (χ1v) is 12.9. The predicted octanol–water partition coefficient (Wildman–Crippen LogP) is 6.36. The Kier molecular flexibility index (Phi) is 8.48. The molecule has 0 aromatic rings. The lowest BCUT2D eigenvalue weighted by atomic mass is 9.70. The lowest BCUT2D eigenvalue weighted by Crippen LogP contribution is -2.56. The van der Waals surface area contributed by atoms with Crippen LogP contribution in [-0.2, 0) is 4.79 Å². The third kappa shape index (κ3) is 7.26. The normalized spacial score (nSPS) is 31.5. The standard InChI is InChI=1S/C26H48N2O/c1-25(2,3)20-21-12-14-23(15-13-21)28-24(29)19-22-11-10-18-27-26(22)16-8-6-4-5-7-9-17-26/h21-23,27H,4-20H2,1-3H3,(H,28,29). The van der Waals surface area contributed by atoms with Gasteiger partial charge in [0.25, 0.3) is 0 Å². The van der Waals surface area contributed by atoms with E-state index in [1.54, 1.807) is 0 Å². The Balaban J connectivity index is 1.49. The van der Waals surface area contributed by atoms with Crippen molar-refractivity contribution in [2.24, 2.45) is 17.3 Å². The second-order valence-electron chi connectivity index (χ2n) is 11.8. The number of carbonyl (C=O) groups excluding carboxylic acids is 1. The number of amides is 1. The van der Waals surface area contributed by atoms with Crippen molar-refractivity contribution in [2.75, 3.05) is 6.54 Å². The Bertz CT molecular complexity index is 491. The highest BCUT2D eigenvalue weighted by atomic mass is 16.1. The largest absolute Gasteiger partial charge is 0.353 e. The van der Waals surface area contributed by atoms with E-state index in [1.807, 2.05) is 0 Å². The maximum absolute atomic E-state index is 13.0. The summed E-state index contributed by atoms with van der Waals surface area (Å²) in [7, 11) is 0. The maximum Gasteiger partial charge on any atom is 0.220 e. The molecule has 1 spiro atoms. The molecule has 0 radical (unpaired) electrons. The molecule has 0 bridgehead atoms. The van der Waals surface area contributed by atoms with Crippen molar-refractivity contribution in [3.8, 4) is 0 Å². The molecule has 1 amide bonds. The van der Waals surface area contributed by atoms with Crippen LogP contribution in [0.4, 0.5) is 0 Å². The van der Waals surface area contributed by atoms with Gasteiger partial charge in [0, 0.05) is 18.0 Å². The number of carbonyl (C=O) groups is 1. The topological polar surface area (TPSA) is 41.1 Å². The first-order valence-electron chi connectivity index (χ1n) is 12.9. The number of hydrogen-bond donors (Lipinski definition) is 2. The summed E-state index contributed by atoms with van der Waals surface area (Å²) < 4.78 is 0. The van der Waals surface area contributed by atoms with E-state index in [9.17, 15) is 4.79 Å². The van der Waals surface area contributed by atoms with Gasteiger partial charge in [-0.15, -0.1) is 0 Å². The third-order valence-corrected chi connectivity index (χ3v) is 8.03. The second kappa shape index (κ2) is 10.6. The number of hydrogen-bond acceptors (Lipinski definition) is 2. The number of nitrogens with one attached hydrogen (secondary N) is 2. The van der Waals surface area contributed by atoms with Gasteiger partial charge < -0.3 is 10.6 Å². The van der Waals surface area contributed by atoms with Gasteiger partial charge in [0.2, 0.25) is 5.91 Å². The van der Waals surface area contributed by atoms with E-state index in [0.717, 1.165) is 18.9 Å². The van der Waals surface area contributed by atoms with Crippen LogP contribution in [0, 0.1) is 17.3 Å². The van der Waals surface area contributed by atoms with Crippen LogP contribution in [0.25, 0.3) is 0 Å². The Morgan fingerprint density at radius 1 is 0.897 bits per heavy atom. The quantitative estimate of drug-likeness (QED) is 0.572. The van der Waals surface area contributed by atoms with Gasteiger partial charge in [-0.05, 0) is 81.6 Å². The van der Waals surface area contributed by atoms with Gasteiger partial charge in [0.15, 0.2) is 0 Å². The van der Waals surface area contributed by atoms with Gasteiger partial charge in [0.1, 0.15) is 0 Å². The minimum Gasteiger partial charge on any atom is -0.353 e. The minimum absolute atomic E-state index is 0.240. The summed E-state index contributed by atoms with van der Waals surface area (Å²) in [5, 5.41) is 7.38. The Labute approximate surface area is 180 Å². The smallest absolute Gasteiger partial charge is 0.220 e. The summed E-state index contributed by atoms with van der Waals surface area (Å²) in [6, 6.07) is 0.423. The molecule has 3 aliphatic rings. The van der Waals surface area contributed by atoms with E-state index < -0.39 is 0 Å². The van der Waals surface area contributed by atoms with Gasteiger partial charge in [-0.2, -0.15) is 0 Å². The molecule has 3 rings (SSSR count). The van der Waals surface area contributed by atoms with Crippen molar-refractivity contribution in [2.45, 2.75) is 135 Å². The van der Waals surface area contributed by atoms with Crippen molar-refractivity contribution in [1.29, 1.82) is 0 Å². The summed E-state index contributed by atoms with van der Waals surface area (Å²) in [5.41, 5.74) is 0.670. The fourth-order valence-electron chi connectivity index (χ4n) is 6.59. The lowest BCUT2D eigenvalue weighted by molar-refractivity contribution is -0.124. The van der Waals surface area contributed by atoms with Crippen molar-refractivity contribution in [1.82, 2.24) is 10.6 Å². The fourth-order valence-corrected chi connectivity index (χ4v) is 6.59.